The van der Waals surface area contributed by atoms with Gasteiger partial charge in [0.1, 0.15) is 6.04 Å². The molecule has 0 radical (unpaired) electrons. The first-order valence-corrected chi connectivity index (χ1v) is 9.93. The molecule has 0 spiro atoms. The molecule has 4 rings (SSSR count). The summed E-state index contributed by atoms with van der Waals surface area (Å²) >= 11 is 12.2. The van der Waals surface area contributed by atoms with Crippen molar-refractivity contribution in [1.29, 1.82) is 0 Å². The van der Waals surface area contributed by atoms with E-state index in [9.17, 15) is 9.59 Å². The fraction of sp³-hybridized carbons (Fsp3) is 0.130. The molecule has 6 heteroatoms. The molecule has 3 aromatic carbocycles. The summed E-state index contributed by atoms with van der Waals surface area (Å²) in [4.78, 5) is 25.3. The molecule has 1 aliphatic carbocycles. The van der Waals surface area contributed by atoms with Crippen molar-refractivity contribution in [1.82, 2.24) is 5.32 Å². The Morgan fingerprint density at radius 2 is 1.52 bits per heavy atom. The van der Waals surface area contributed by atoms with Gasteiger partial charge in [-0.1, -0.05) is 77.8 Å². The number of carbonyl (C=O) groups is 2. The van der Waals surface area contributed by atoms with Crippen LogP contribution in [0.3, 0.4) is 0 Å². The fourth-order valence-corrected chi connectivity index (χ4v) is 4.31. The Kier molecular flexibility index (Phi) is 5.31. The normalized spacial score (nSPS) is 13.4. The molecular weight excluding hydrogens is 407 g/mol. The fourth-order valence-electron chi connectivity index (χ4n) is 3.82. The largest absolute Gasteiger partial charge is 0.368 e. The third-order valence-electron chi connectivity index (χ3n) is 5.20. The van der Waals surface area contributed by atoms with Gasteiger partial charge in [-0.2, -0.15) is 0 Å². The van der Waals surface area contributed by atoms with E-state index in [1.54, 1.807) is 18.2 Å². The summed E-state index contributed by atoms with van der Waals surface area (Å²) in [5, 5.41) is 3.75. The summed E-state index contributed by atoms with van der Waals surface area (Å²) in [7, 11) is 0. The van der Waals surface area contributed by atoms with E-state index in [-0.39, 0.29) is 12.3 Å². The number of primary amides is 1. The minimum absolute atomic E-state index is 0.188. The molecule has 0 bridgehead atoms. The number of nitrogens with two attached hydrogens (primary N) is 1. The van der Waals surface area contributed by atoms with Crippen molar-refractivity contribution in [3.63, 3.8) is 0 Å². The first-order valence-electron chi connectivity index (χ1n) is 9.17. The Bertz CT molecular complexity index is 1070. The Labute approximate surface area is 178 Å². The Balaban J connectivity index is 1.63. The molecule has 1 atom stereocenters. The van der Waals surface area contributed by atoms with Crippen LogP contribution in [-0.4, -0.2) is 17.9 Å². The van der Waals surface area contributed by atoms with E-state index in [4.69, 9.17) is 28.9 Å². The summed E-state index contributed by atoms with van der Waals surface area (Å²) in [5.74, 6) is -1.38. The zero-order valence-electron chi connectivity index (χ0n) is 15.4. The average molecular weight is 425 g/mol. The molecule has 3 aromatic rings. The van der Waals surface area contributed by atoms with Crippen molar-refractivity contribution in [2.75, 3.05) is 0 Å². The van der Waals surface area contributed by atoms with Crippen LogP contribution in [0.2, 0.25) is 10.0 Å². The highest BCUT2D eigenvalue weighted by Gasteiger charge is 2.35. The van der Waals surface area contributed by atoms with Gasteiger partial charge >= 0.3 is 0 Å². The van der Waals surface area contributed by atoms with Gasteiger partial charge in [-0.3, -0.25) is 9.59 Å². The number of hydrogen-bond donors (Lipinski definition) is 2. The summed E-state index contributed by atoms with van der Waals surface area (Å²) in [6.45, 7) is 0. The topological polar surface area (TPSA) is 72.2 Å². The van der Waals surface area contributed by atoms with Crippen LogP contribution < -0.4 is 11.1 Å². The predicted octanol–water partition coefficient (Wildman–Crippen LogP) is 4.32. The molecule has 4 nitrogen and oxygen atoms in total. The van der Waals surface area contributed by atoms with Crippen LogP contribution in [0.4, 0.5) is 0 Å². The number of carbonyl (C=O) groups excluding carboxylic acids is 2. The summed E-state index contributed by atoms with van der Waals surface area (Å²) in [5.41, 5.74) is 10.2. The van der Waals surface area contributed by atoms with Crippen LogP contribution in [0.15, 0.2) is 66.7 Å². The van der Waals surface area contributed by atoms with E-state index in [1.165, 1.54) is 0 Å². The Morgan fingerprint density at radius 1 is 0.931 bits per heavy atom. The van der Waals surface area contributed by atoms with E-state index < -0.39 is 17.9 Å². The van der Waals surface area contributed by atoms with Gasteiger partial charge in [0.2, 0.25) is 11.8 Å². The van der Waals surface area contributed by atoms with Crippen LogP contribution in [0.5, 0.6) is 0 Å². The third-order valence-corrected chi connectivity index (χ3v) is 5.78. The molecule has 0 saturated carbocycles. The van der Waals surface area contributed by atoms with Crippen LogP contribution in [-0.2, 0) is 16.0 Å². The lowest BCUT2D eigenvalue weighted by Gasteiger charge is -2.20. The molecule has 0 aliphatic heterocycles. The summed E-state index contributed by atoms with van der Waals surface area (Å²) in [6, 6.07) is 19.7. The smallest absolute Gasteiger partial charge is 0.240 e. The molecule has 1 aliphatic rings. The predicted molar refractivity (Wildman–Crippen MR) is 115 cm³/mol. The molecule has 29 heavy (non-hydrogen) atoms. The van der Waals surface area contributed by atoms with Crippen LogP contribution in [0.25, 0.3) is 11.1 Å². The number of halogens is 2. The van der Waals surface area contributed by atoms with Gasteiger partial charge in [-0.15, -0.1) is 0 Å². The van der Waals surface area contributed by atoms with Crippen LogP contribution >= 0.6 is 23.2 Å². The highest BCUT2D eigenvalue weighted by molar-refractivity contribution is 6.35. The highest BCUT2D eigenvalue weighted by atomic mass is 35.5. The van der Waals surface area contributed by atoms with Gasteiger partial charge in [-0.05, 0) is 39.9 Å². The molecule has 0 heterocycles. The molecule has 0 fully saturated rings. The van der Waals surface area contributed by atoms with E-state index in [2.05, 4.69) is 5.32 Å². The third kappa shape index (κ3) is 3.74. The molecule has 2 amide bonds. The second kappa shape index (κ2) is 7.90. The zero-order chi connectivity index (χ0) is 20.5. The summed E-state index contributed by atoms with van der Waals surface area (Å²) in [6.07, 6.45) is 0.188. The number of hydrogen-bond acceptors (Lipinski definition) is 2. The van der Waals surface area contributed by atoms with Gasteiger partial charge < -0.3 is 11.1 Å². The van der Waals surface area contributed by atoms with E-state index in [0.29, 0.717) is 15.6 Å². The lowest BCUT2D eigenvalue weighted by Crippen LogP contribution is -2.47. The molecule has 3 N–H and O–H groups in total. The quantitative estimate of drug-likeness (QED) is 0.639. The average Bonchev–Trinajstić information content (AvgIpc) is 3.04. The maximum atomic E-state index is 13.2. The van der Waals surface area contributed by atoms with Crippen molar-refractivity contribution in [3.05, 3.63) is 93.5 Å². The van der Waals surface area contributed by atoms with Crippen LogP contribution in [0.1, 0.15) is 22.6 Å². The molecule has 0 saturated heterocycles. The Morgan fingerprint density at radius 3 is 2.07 bits per heavy atom. The monoisotopic (exact) mass is 424 g/mol. The van der Waals surface area contributed by atoms with Crippen molar-refractivity contribution < 1.29 is 9.59 Å². The lowest BCUT2D eigenvalue weighted by atomic mass is 9.95. The van der Waals surface area contributed by atoms with Gasteiger partial charge in [0.15, 0.2) is 0 Å². The number of fused-ring (bicyclic) bond motifs is 3. The molecule has 0 aromatic heterocycles. The maximum Gasteiger partial charge on any atom is 0.240 e. The zero-order valence-corrected chi connectivity index (χ0v) is 16.9. The Hall–Kier alpha value is -2.82. The second-order valence-corrected chi connectivity index (χ2v) is 7.85. The van der Waals surface area contributed by atoms with Gasteiger partial charge in [0, 0.05) is 16.5 Å². The van der Waals surface area contributed by atoms with E-state index in [1.807, 2.05) is 48.5 Å². The van der Waals surface area contributed by atoms with E-state index in [0.717, 1.165) is 22.3 Å². The van der Waals surface area contributed by atoms with E-state index >= 15 is 0 Å². The number of nitrogens with one attached hydrogen (secondary N) is 1. The van der Waals surface area contributed by atoms with Gasteiger partial charge in [0.25, 0.3) is 0 Å². The molecule has 146 valence electrons. The molecular formula is C23H18Cl2N2O2. The van der Waals surface area contributed by atoms with Crippen molar-refractivity contribution >= 4 is 35.0 Å². The minimum Gasteiger partial charge on any atom is -0.368 e. The molecule has 0 unspecified atom stereocenters. The standard InChI is InChI=1S/C23H18Cl2N2O2/c24-14-10-9-13(19(25)12-14)11-20(22(26)28)27-23(29)21-17-7-3-1-5-15(17)16-6-2-4-8-18(16)21/h1-10,12,20-21H,11H2,(H2,26,28)(H,27,29)/t20-/m0/s1. The first kappa shape index (κ1) is 19.5. The minimum atomic E-state index is -0.888. The maximum absolute atomic E-state index is 13.2. The SMILES string of the molecule is NC(=O)[C@H](Cc1ccc(Cl)cc1Cl)NC(=O)C1c2ccccc2-c2ccccc21. The van der Waals surface area contributed by atoms with Gasteiger partial charge in [0.05, 0.1) is 5.92 Å². The second-order valence-electron chi connectivity index (χ2n) is 7.01. The first-order chi connectivity index (χ1) is 14.0. The van der Waals surface area contributed by atoms with Crippen molar-refractivity contribution in [2.24, 2.45) is 5.73 Å². The number of rotatable bonds is 5. The number of amides is 2. The van der Waals surface area contributed by atoms with Crippen molar-refractivity contribution in [2.45, 2.75) is 18.4 Å². The van der Waals surface area contributed by atoms with Crippen LogP contribution in [0, 0.1) is 0 Å². The lowest BCUT2D eigenvalue weighted by molar-refractivity contribution is -0.127. The van der Waals surface area contributed by atoms with Crippen molar-refractivity contribution in [3.8, 4) is 11.1 Å². The number of benzene rings is 3. The van der Waals surface area contributed by atoms with Gasteiger partial charge in [-0.25, -0.2) is 0 Å². The summed E-state index contributed by atoms with van der Waals surface area (Å²) < 4.78 is 0. The highest BCUT2D eigenvalue weighted by Crippen LogP contribution is 2.44.